The standard InChI is InChI=1S/C25H25ClN2O2.ClH/c1-18-7-5-6-10-22(18)28-23(17-27-16-15-19-8-3-2-4-9-19)24(25(28)29)30-21-13-11-20(26)12-14-21;/h2-14,23-24,27H,15-17H2,1H3;1H. The number of anilines is 1. The molecular formula is C25H26Cl2N2O2. The van der Waals surface area contributed by atoms with Gasteiger partial charge in [0.2, 0.25) is 0 Å². The van der Waals surface area contributed by atoms with E-state index in [4.69, 9.17) is 16.3 Å². The highest BCUT2D eigenvalue weighted by Crippen LogP contribution is 2.33. The van der Waals surface area contributed by atoms with Crippen molar-refractivity contribution in [1.29, 1.82) is 0 Å². The summed E-state index contributed by atoms with van der Waals surface area (Å²) in [5.74, 6) is 0.630. The van der Waals surface area contributed by atoms with E-state index in [1.54, 1.807) is 24.3 Å². The van der Waals surface area contributed by atoms with Crippen LogP contribution in [0.1, 0.15) is 11.1 Å². The smallest absolute Gasteiger partial charge is 0.270 e. The number of hydrogen-bond acceptors (Lipinski definition) is 3. The summed E-state index contributed by atoms with van der Waals surface area (Å²) in [6.45, 7) is 3.52. The minimum Gasteiger partial charge on any atom is -0.478 e. The maximum atomic E-state index is 13.0. The molecule has 2 unspecified atom stereocenters. The highest BCUT2D eigenvalue weighted by molar-refractivity contribution is 6.30. The van der Waals surface area contributed by atoms with Crippen LogP contribution in [0.4, 0.5) is 5.69 Å². The lowest BCUT2D eigenvalue weighted by molar-refractivity contribution is -0.134. The average molecular weight is 457 g/mol. The highest BCUT2D eigenvalue weighted by Gasteiger charge is 2.50. The first-order valence-corrected chi connectivity index (χ1v) is 10.6. The van der Waals surface area contributed by atoms with Crippen LogP contribution in [0, 0.1) is 6.92 Å². The van der Waals surface area contributed by atoms with E-state index in [0.717, 1.165) is 24.2 Å². The van der Waals surface area contributed by atoms with Gasteiger partial charge in [0.1, 0.15) is 5.75 Å². The maximum absolute atomic E-state index is 13.0. The molecule has 0 saturated carbocycles. The summed E-state index contributed by atoms with van der Waals surface area (Å²) in [5.41, 5.74) is 3.30. The Bertz CT molecular complexity index is 996. The Morgan fingerprint density at radius 3 is 2.35 bits per heavy atom. The largest absolute Gasteiger partial charge is 0.478 e. The summed E-state index contributed by atoms with van der Waals surface area (Å²) in [7, 11) is 0. The van der Waals surface area contributed by atoms with Gasteiger partial charge in [-0.15, -0.1) is 12.4 Å². The molecule has 1 N–H and O–H groups in total. The Morgan fingerprint density at radius 2 is 1.65 bits per heavy atom. The molecule has 1 saturated heterocycles. The Hall–Kier alpha value is -2.53. The lowest BCUT2D eigenvalue weighted by Crippen LogP contribution is -2.70. The van der Waals surface area contributed by atoms with Crippen molar-refractivity contribution in [2.75, 3.05) is 18.0 Å². The third-order valence-electron chi connectivity index (χ3n) is 5.40. The zero-order valence-electron chi connectivity index (χ0n) is 17.3. The number of nitrogens with zero attached hydrogens (tertiary/aromatic N) is 1. The number of amides is 1. The lowest BCUT2D eigenvalue weighted by Gasteiger charge is -2.47. The summed E-state index contributed by atoms with van der Waals surface area (Å²) in [4.78, 5) is 14.9. The van der Waals surface area contributed by atoms with Crippen LogP contribution in [0.5, 0.6) is 5.75 Å². The van der Waals surface area contributed by atoms with E-state index in [0.29, 0.717) is 17.3 Å². The first kappa shape index (κ1) is 23.1. The van der Waals surface area contributed by atoms with E-state index in [1.807, 2.05) is 42.2 Å². The number of nitrogens with one attached hydrogen (secondary N) is 1. The van der Waals surface area contributed by atoms with Crippen molar-refractivity contribution in [1.82, 2.24) is 5.32 Å². The Kier molecular flexibility index (Phi) is 7.97. The number of carbonyl (C=O) groups is 1. The third-order valence-corrected chi connectivity index (χ3v) is 5.65. The number of β-lactam (4-membered cyclic amide) rings is 1. The Morgan fingerprint density at radius 1 is 0.968 bits per heavy atom. The fourth-order valence-corrected chi connectivity index (χ4v) is 3.89. The number of benzene rings is 3. The van der Waals surface area contributed by atoms with Gasteiger partial charge in [-0.05, 0) is 61.3 Å². The fraction of sp³-hybridized carbons (Fsp3) is 0.240. The molecule has 3 aromatic rings. The second-order valence-corrected chi connectivity index (χ2v) is 7.93. The molecule has 31 heavy (non-hydrogen) atoms. The molecule has 162 valence electrons. The number of carbonyl (C=O) groups excluding carboxylic acids is 1. The molecule has 1 amide bonds. The van der Waals surface area contributed by atoms with Crippen LogP contribution in [0.25, 0.3) is 0 Å². The Labute approximate surface area is 194 Å². The molecule has 4 rings (SSSR count). The predicted molar refractivity (Wildman–Crippen MR) is 129 cm³/mol. The number of ether oxygens (including phenoxy) is 1. The van der Waals surface area contributed by atoms with Crippen LogP contribution in [-0.2, 0) is 11.2 Å². The van der Waals surface area contributed by atoms with Gasteiger partial charge in [-0.2, -0.15) is 0 Å². The SMILES string of the molecule is Cc1ccccc1N1C(=O)C(Oc2ccc(Cl)cc2)C1CNCCc1ccccc1.Cl. The van der Waals surface area contributed by atoms with Crippen LogP contribution < -0.4 is 15.0 Å². The van der Waals surface area contributed by atoms with Crippen LogP contribution in [0.2, 0.25) is 5.02 Å². The molecular weight excluding hydrogens is 431 g/mol. The molecule has 2 atom stereocenters. The van der Waals surface area contributed by atoms with Crippen molar-refractivity contribution in [3.63, 3.8) is 0 Å². The number of aryl methyl sites for hydroxylation is 1. The van der Waals surface area contributed by atoms with Crippen LogP contribution in [0.3, 0.4) is 0 Å². The van der Waals surface area contributed by atoms with Crippen molar-refractivity contribution >= 4 is 35.6 Å². The molecule has 6 heteroatoms. The van der Waals surface area contributed by atoms with Crippen LogP contribution in [0.15, 0.2) is 78.9 Å². The monoisotopic (exact) mass is 456 g/mol. The molecule has 0 radical (unpaired) electrons. The van der Waals surface area contributed by atoms with Gasteiger partial charge in [0.15, 0.2) is 6.10 Å². The van der Waals surface area contributed by atoms with E-state index < -0.39 is 6.10 Å². The summed E-state index contributed by atoms with van der Waals surface area (Å²) < 4.78 is 6.05. The zero-order valence-corrected chi connectivity index (χ0v) is 18.9. The first-order chi connectivity index (χ1) is 14.6. The van der Waals surface area contributed by atoms with Crippen molar-refractivity contribution in [2.45, 2.75) is 25.5 Å². The number of hydrogen-bond donors (Lipinski definition) is 1. The number of halogens is 2. The van der Waals surface area contributed by atoms with Crippen LogP contribution >= 0.6 is 24.0 Å². The molecule has 0 bridgehead atoms. The number of rotatable bonds is 8. The maximum Gasteiger partial charge on any atom is 0.270 e. The van der Waals surface area contributed by atoms with Gasteiger partial charge in [0.05, 0.1) is 6.04 Å². The second kappa shape index (κ2) is 10.7. The van der Waals surface area contributed by atoms with E-state index >= 15 is 0 Å². The van der Waals surface area contributed by atoms with Crippen molar-refractivity contribution in [3.05, 3.63) is 95.0 Å². The molecule has 4 nitrogen and oxygen atoms in total. The van der Waals surface area contributed by atoms with Crippen molar-refractivity contribution in [2.24, 2.45) is 0 Å². The Balaban J connectivity index is 0.00000272. The average Bonchev–Trinajstić information content (AvgIpc) is 2.77. The minimum absolute atomic E-state index is 0. The molecule has 1 aliphatic heterocycles. The second-order valence-electron chi connectivity index (χ2n) is 7.49. The molecule has 0 spiro atoms. The summed E-state index contributed by atoms with van der Waals surface area (Å²) in [6.07, 6.45) is 0.421. The summed E-state index contributed by atoms with van der Waals surface area (Å²) in [5, 5.41) is 4.15. The molecule has 1 heterocycles. The molecule has 0 aromatic heterocycles. The molecule has 1 aliphatic rings. The quantitative estimate of drug-likeness (QED) is 0.380. The van der Waals surface area contributed by atoms with Gasteiger partial charge in [-0.1, -0.05) is 60.1 Å². The molecule has 3 aromatic carbocycles. The van der Waals surface area contributed by atoms with Crippen molar-refractivity contribution < 1.29 is 9.53 Å². The lowest BCUT2D eigenvalue weighted by atomic mass is 9.95. The van der Waals surface area contributed by atoms with E-state index in [9.17, 15) is 4.79 Å². The normalized spacial score (nSPS) is 17.6. The summed E-state index contributed by atoms with van der Waals surface area (Å²) >= 11 is 5.97. The zero-order chi connectivity index (χ0) is 20.9. The van der Waals surface area contributed by atoms with E-state index in [1.165, 1.54) is 5.56 Å². The minimum atomic E-state index is -0.519. The van der Waals surface area contributed by atoms with Gasteiger partial charge < -0.3 is 15.0 Å². The van der Waals surface area contributed by atoms with Gasteiger partial charge in [0.25, 0.3) is 5.91 Å². The first-order valence-electron chi connectivity index (χ1n) is 10.2. The van der Waals surface area contributed by atoms with E-state index in [-0.39, 0.29) is 24.4 Å². The third kappa shape index (κ3) is 5.40. The van der Waals surface area contributed by atoms with Gasteiger partial charge >= 0.3 is 0 Å². The predicted octanol–water partition coefficient (Wildman–Crippen LogP) is 5.07. The number of para-hydroxylation sites is 1. The van der Waals surface area contributed by atoms with E-state index in [2.05, 4.69) is 29.6 Å². The fourth-order valence-electron chi connectivity index (χ4n) is 3.76. The van der Waals surface area contributed by atoms with Gasteiger partial charge in [0, 0.05) is 17.3 Å². The van der Waals surface area contributed by atoms with Crippen molar-refractivity contribution in [3.8, 4) is 5.75 Å². The highest BCUT2D eigenvalue weighted by atomic mass is 35.5. The van der Waals surface area contributed by atoms with Gasteiger partial charge in [-0.3, -0.25) is 4.79 Å². The van der Waals surface area contributed by atoms with Crippen LogP contribution in [-0.4, -0.2) is 31.1 Å². The van der Waals surface area contributed by atoms with Gasteiger partial charge in [-0.25, -0.2) is 0 Å². The topological polar surface area (TPSA) is 41.6 Å². The molecule has 0 aliphatic carbocycles. The summed E-state index contributed by atoms with van der Waals surface area (Å²) in [6, 6.07) is 25.4. The molecule has 1 fully saturated rings.